The summed E-state index contributed by atoms with van der Waals surface area (Å²) in [7, 11) is 0. The Morgan fingerprint density at radius 1 is 1.15 bits per heavy atom. The molecule has 1 aromatic carbocycles. The molecule has 11 heteroatoms. The van der Waals surface area contributed by atoms with Crippen molar-refractivity contribution < 1.29 is 36.3 Å². The van der Waals surface area contributed by atoms with E-state index < -0.39 is 47.2 Å². The first-order chi connectivity index (χ1) is 15.8. The second kappa shape index (κ2) is 9.63. The van der Waals surface area contributed by atoms with Gasteiger partial charge < -0.3 is 4.74 Å². The van der Waals surface area contributed by atoms with E-state index in [4.69, 9.17) is 4.74 Å². The van der Waals surface area contributed by atoms with Crippen molar-refractivity contribution in [2.24, 2.45) is 0 Å². The number of alkyl halides is 4. The van der Waals surface area contributed by atoms with Crippen molar-refractivity contribution >= 4 is 11.9 Å². The van der Waals surface area contributed by atoms with E-state index in [9.17, 15) is 31.5 Å². The molecule has 2 atom stereocenters. The molecular weight excluding hydrogens is 461 g/mol. The number of carbonyl (C=O) groups is 2. The number of nitrogens with zero attached hydrogens (tertiary/aromatic N) is 3. The third kappa shape index (κ3) is 6.06. The lowest BCUT2D eigenvalue weighted by Crippen LogP contribution is -2.46. The molecule has 1 fully saturated rings. The third-order valence-electron chi connectivity index (χ3n) is 5.20. The SMILES string of the molecule is CC(C)(C)OC(=O)N1CC[C@H](F)[C@H]1C(=O)CCc1cc(-c2ccc(C(F)(F)F)c(F)c2)ncn1. The Balaban J connectivity index is 1.70. The summed E-state index contributed by atoms with van der Waals surface area (Å²) in [6.45, 7) is 5.06. The molecule has 3 rings (SSSR count). The number of aryl methyl sites for hydroxylation is 1. The van der Waals surface area contributed by atoms with Crippen LogP contribution >= 0.6 is 0 Å². The normalized spacial score (nSPS) is 18.8. The number of amides is 1. The molecule has 1 aromatic heterocycles. The molecule has 34 heavy (non-hydrogen) atoms. The average Bonchev–Trinajstić information content (AvgIpc) is 3.12. The van der Waals surface area contributed by atoms with E-state index in [2.05, 4.69) is 9.97 Å². The summed E-state index contributed by atoms with van der Waals surface area (Å²) in [6.07, 6.45) is -6.00. The quantitative estimate of drug-likeness (QED) is 0.548. The van der Waals surface area contributed by atoms with Crippen LogP contribution in [-0.4, -0.2) is 51.1 Å². The number of likely N-dealkylation sites (tertiary alicyclic amines) is 1. The predicted molar refractivity (Wildman–Crippen MR) is 112 cm³/mol. The molecule has 0 N–H and O–H groups in total. The summed E-state index contributed by atoms with van der Waals surface area (Å²) < 4.78 is 72.0. The van der Waals surface area contributed by atoms with Crippen molar-refractivity contribution in [3.05, 3.63) is 47.7 Å². The number of Topliss-reactive ketones (excluding diaryl/α,β-unsaturated/α-hetero) is 1. The van der Waals surface area contributed by atoms with Gasteiger partial charge in [-0.25, -0.2) is 23.5 Å². The number of hydrogen-bond donors (Lipinski definition) is 0. The molecule has 2 heterocycles. The van der Waals surface area contributed by atoms with Gasteiger partial charge in [0.15, 0.2) is 5.78 Å². The van der Waals surface area contributed by atoms with E-state index in [1.54, 1.807) is 20.8 Å². The largest absolute Gasteiger partial charge is 0.444 e. The van der Waals surface area contributed by atoms with E-state index in [0.29, 0.717) is 11.8 Å². The molecule has 0 saturated carbocycles. The van der Waals surface area contributed by atoms with Crippen molar-refractivity contribution in [3.8, 4) is 11.3 Å². The average molecular weight is 485 g/mol. The Labute approximate surface area is 193 Å². The number of aromatic nitrogens is 2. The monoisotopic (exact) mass is 485 g/mol. The van der Waals surface area contributed by atoms with Crippen LogP contribution in [0.1, 0.15) is 44.9 Å². The fourth-order valence-corrected chi connectivity index (χ4v) is 3.65. The maximum atomic E-state index is 14.4. The van der Waals surface area contributed by atoms with Crippen LogP contribution in [-0.2, 0) is 22.1 Å². The van der Waals surface area contributed by atoms with Crippen molar-refractivity contribution in [1.82, 2.24) is 14.9 Å². The van der Waals surface area contributed by atoms with Crippen LogP contribution in [0.3, 0.4) is 0 Å². The second-order valence-electron chi connectivity index (χ2n) is 8.98. The van der Waals surface area contributed by atoms with Crippen LogP contribution in [0.15, 0.2) is 30.6 Å². The highest BCUT2D eigenvalue weighted by molar-refractivity contribution is 5.88. The van der Waals surface area contributed by atoms with E-state index in [0.717, 1.165) is 23.4 Å². The molecule has 6 nitrogen and oxygen atoms in total. The maximum Gasteiger partial charge on any atom is 0.419 e. The predicted octanol–water partition coefficient (Wildman–Crippen LogP) is 5.15. The topological polar surface area (TPSA) is 72.4 Å². The molecule has 0 bridgehead atoms. The van der Waals surface area contributed by atoms with Gasteiger partial charge in [-0.1, -0.05) is 6.07 Å². The Kier molecular flexibility index (Phi) is 7.23. The number of ether oxygens (including phenoxy) is 1. The van der Waals surface area contributed by atoms with Gasteiger partial charge in [-0.3, -0.25) is 9.69 Å². The zero-order valence-electron chi connectivity index (χ0n) is 18.8. The first-order valence-electron chi connectivity index (χ1n) is 10.6. The summed E-state index contributed by atoms with van der Waals surface area (Å²) in [5, 5.41) is 0. The molecular formula is C23H24F5N3O3. The molecule has 0 radical (unpaired) electrons. The lowest BCUT2D eigenvalue weighted by molar-refractivity contribution is -0.140. The first-order valence-corrected chi connectivity index (χ1v) is 10.6. The lowest BCUT2D eigenvalue weighted by atomic mass is 10.0. The molecule has 1 saturated heterocycles. The van der Waals surface area contributed by atoms with E-state index >= 15 is 0 Å². The van der Waals surface area contributed by atoms with Gasteiger partial charge in [0.2, 0.25) is 0 Å². The lowest BCUT2D eigenvalue weighted by Gasteiger charge is -2.28. The number of benzene rings is 1. The van der Waals surface area contributed by atoms with Gasteiger partial charge in [0.1, 0.15) is 30.0 Å². The standard InChI is InChI=1S/C23H24F5N3O3/c1-22(2,3)34-21(33)31-9-8-16(24)20(31)19(32)7-5-14-11-18(30-12-29-14)13-4-6-15(17(25)10-13)23(26,27)28/h4,6,10-12,16,20H,5,7-9H2,1-3H3/t16-,20-/m0/s1. The minimum absolute atomic E-state index is 0.0206. The van der Waals surface area contributed by atoms with Crippen molar-refractivity contribution in [2.75, 3.05) is 6.54 Å². The van der Waals surface area contributed by atoms with Gasteiger partial charge in [-0.15, -0.1) is 0 Å². The molecule has 2 aromatic rings. The van der Waals surface area contributed by atoms with Crippen molar-refractivity contribution in [1.29, 1.82) is 0 Å². The maximum absolute atomic E-state index is 14.4. The Hall–Kier alpha value is -3.11. The summed E-state index contributed by atoms with van der Waals surface area (Å²) in [6, 6.07) is 2.60. The van der Waals surface area contributed by atoms with Gasteiger partial charge in [0.05, 0.1) is 11.3 Å². The Morgan fingerprint density at radius 3 is 2.47 bits per heavy atom. The molecule has 1 amide bonds. The van der Waals surface area contributed by atoms with Gasteiger partial charge >= 0.3 is 12.3 Å². The first kappa shape index (κ1) is 25.5. The van der Waals surface area contributed by atoms with Gasteiger partial charge in [0.25, 0.3) is 0 Å². The highest BCUT2D eigenvalue weighted by atomic mass is 19.4. The van der Waals surface area contributed by atoms with Crippen LogP contribution < -0.4 is 0 Å². The number of ketones is 1. The summed E-state index contributed by atoms with van der Waals surface area (Å²) in [5.41, 5.74) is -1.55. The van der Waals surface area contributed by atoms with Crippen molar-refractivity contribution in [3.63, 3.8) is 0 Å². The Bertz CT molecular complexity index is 1070. The van der Waals surface area contributed by atoms with E-state index in [1.807, 2.05) is 0 Å². The highest BCUT2D eigenvalue weighted by Crippen LogP contribution is 2.33. The minimum Gasteiger partial charge on any atom is -0.444 e. The van der Waals surface area contributed by atoms with Crippen LogP contribution in [0.2, 0.25) is 0 Å². The molecule has 0 spiro atoms. The Morgan fingerprint density at radius 2 is 1.85 bits per heavy atom. The summed E-state index contributed by atoms with van der Waals surface area (Å²) in [4.78, 5) is 34.2. The van der Waals surface area contributed by atoms with Crippen molar-refractivity contribution in [2.45, 2.75) is 64.0 Å². The van der Waals surface area contributed by atoms with Crippen LogP contribution in [0, 0.1) is 5.82 Å². The molecule has 1 aliphatic rings. The minimum atomic E-state index is -4.82. The second-order valence-corrected chi connectivity index (χ2v) is 8.98. The summed E-state index contributed by atoms with van der Waals surface area (Å²) >= 11 is 0. The number of halogens is 5. The molecule has 0 aliphatic carbocycles. The van der Waals surface area contributed by atoms with Gasteiger partial charge in [-0.2, -0.15) is 13.2 Å². The smallest absolute Gasteiger partial charge is 0.419 e. The van der Waals surface area contributed by atoms with Gasteiger partial charge in [0, 0.05) is 24.2 Å². The highest BCUT2D eigenvalue weighted by Gasteiger charge is 2.43. The van der Waals surface area contributed by atoms with E-state index in [-0.39, 0.29) is 37.1 Å². The number of carbonyl (C=O) groups excluding carboxylic acids is 2. The molecule has 1 aliphatic heterocycles. The number of hydrogen-bond acceptors (Lipinski definition) is 5. The van der Waals surface area contributed by atoms with Crippen LogP contribution in [0.25, 0.3) is 11.3 Å². The zero-order chi connectivity index (χ0) is 25.3. The fraction of sp³-hybridized carbons (Fsp3) is 0.478. The third-order valence-corrected chi connectivity index (χ3v) is 5.20. The van der Waals surface area contributed by atoms with Gasteiger partial charge in [-0.05, 0) is 51.8 Å². The number of rotatable bonds is 5. The molecule has 184 valence electrons. The van der Waals surface area contributed by atoms with Crippen LogP contribution in [0.5, 0.6) is 0 Å². The fourth-order valence-electron chi connectivity index (χ4n) is 3.65. The summed E-state index contributed by atoms with van der Waals surface area (Å²) in [5.74, 6) is -1.94. The van der Waals surface area contributed by atoms with Crippen LogP contribution in [0.4, 0.5) is 26.7 Å². The van der Waals surface area contributed by atoms with E-state index in [1.165, 1.54) is 6.07 Å². The zero-order valence-corrected chi connectivity index (χ0v) is 18.8. The molecule has 0 unspecified atom stereocenters.